The molecule has 0 radical (unpaired) electrons. The number of imide groups is 1. The highest BCUT2D eigenvalue weighted by Gasteiger charge is 2.57. The van der Waals surface area contributed by atoms with Gasteiger partial charge in [0, 0.05) is 24.2 Å². The highest BCUT2D eigenvalue weighted by atomic mass is 16.6. The van der Waals surface area contributed by atoms with Crippen molar-refractivity contribution in [2.45, 2.75) is 45.1 Å². The van der Waals surface area contributed by atoms with Crippen LogP contribution in [0.5, 0.6) is 5.75 Å². The number of aromatic hydroxyl groups is 1. The third-order valence-corrected chi connectivity index (χ3v) is 8.74. The number of anilines is 1. The molecular formula is C34H33N3O6. The van der Waals surface area contributed by atoms with Crippen LogP contribution in [0.2, 0.25) is 0 Å². The lowest BCUT2D eigenvalue weighted by atomic mass is 9.68. The van der Waals surface area contributed by atoms with Crippen LogP contribution in [0, 0.1) is 27.9 Å². The molecule has 2 aliphatic heterocycles. The molecule has 2 saturated heterocycles. The predicted octanol–water partition coefficient (Wildman–Crippen LogP) is 6.34. The number of fused-ring (bicyclic) bond motifs is 3. The molecule has 0 spiro atoms. The molecule has 0 unspecified atom stereocenters. The summed E-state index contributed by atoms with van der Waals surface area (Å²) in [6, 6.07) is 18.6. The summed E-state index contributed by atoms with van der Waals surface area (Å²) in [5.74, 6) is -1.67. The van der Waals surface area contributed by atoms with Gasteiger partial charge in [0.2, 0.25) is 11.8 Å². The molecule has 0 saturated carbocycles. The number of non-ortho nitro benzene ring substituents is 1. The summed E-state index contributed by atoms with van der Waals surface area (Å²) in [6.45, 7) is 2.46. The van der Waals surface area contributed by atoms with E-state index in [2.05, 4.69) is 11.9 Å². The van der Waals surface area contributed by atoms with Crippen LogP contribution in [0.1, 0.15) is 50.3 Å². The molecule has 43 heavy (non-hydrogen) atoms. The summed E-state index contributed by atoms with van der Waals surface area (Å²) in [4.78, 5) is 44.1. The van der Waals surface area contributed by atoms with Gasteiger partial charge in [-0.2, -0.15) is 0 Å². The second-order valence-corrected chi connectivity index (χ2v) is 11.4. The average molecular weight is 580 g/mol. The number of hydrogen-bond donors (Lipinski definition) is 1. The first-order valence-electron chi connectivity index (χ1n) is 14.7. The van der Waals surface area contributed by atoms with Gasteiger partial charge in [-0.05, 0) is 78.8 Å². The number of ether oxygens (including phenoxy) is 1. The SMILES string of the molecule is CCCC1=C2[C@@H](CC/C(=C/c3cccc(O)c3)c3ccccn3)OC[C@@H]2[C@@H]2C(=O)N(c3cccc([N+](=O)[O-])c3)C(=O)[C@@H]2C1. The van der Waals surface area contributed by atoms with Crippen molar-refractivity contribution in [3.05, 3.63) is 105 Å². The number of hydrogen-bond acceptors (Lipinski definition) is 7. The Morgan fingerprint density at radius 2 is 1.93 bits per heavy atom. The van der Waals surface area contributed by atoms with Gasteiger partial charge in [0.05, 0.1) is 40.9 Å². The predicted molar refractivity (Wildman–Crippen MR) is 162 cm³/mol. The van der Waals surface area contributed by atoms with E-state index < -0.39 is 16.8 Å². The van der Waals surface area contributed by atoms with E-state index in [0.717, 1.165) is 40.1 Å². The first-order chi connectivity index (χ1) is 20.9. The van der Waals surface area contributed by atoms with Gasteiger partial charge in [0.25, 0.3) is 5.69 Å². The van der Waals surface area contributed by atoms with E-state index in [-0.39, 0.29) is 41.0 Å². The van der Waals surface area contributed by atoms with Gasteiger partial charge < -0.3 is 9.84 Å². The quantitative estimate of drug-likeness (QED) is 0.136. The minimum atomic E-state index is -0.550. The Bertz CT molecular complexity index is 1630. The number of allylic oxidation sites excluding steroid dienone is 2. The van der Waals surface area contributed by atoms with Gasteiger partial charge in [-0.1, -0.05) is 43.2 Å². The third kappa shape index (κ3) is 5.48. The van der Waals surface area contributed by atoms with Crippen molar-refractivity contribution in [2.75, 3.05) is 11.5 Å². The molecule has 6 rings (SSSR count). The maximum Gasteiger partial charge on any atom is 0.271 e. The lowest BCUT2D eigenvalue weighted by Gasteiger charge is -2.32. The summed E-state index contributed by atoms with van der Waals surface area (Å²) in [5.41, 5.74) is 5.13. The van der Waals surface area contributed by atoms with Gasteiger partial charge in [0.15, 0.2) is 0 Å². The van der Waals surface area contributed by atoms with Crippen LogP contribution in [0.3, 0.4) is 0 Å². The molecule has 2 aromatic carbocycles. The van der Waals surface area contributed by atoms with Crippen LogP contribution in [-0.4, -0.2) is 39.5 Å². The number of nitro benzene ring substituents is 1. The normalized spacial score (nSPS) is 23.5. The maximum absolute atomic E-state index is 13.8. The molecule has 1 aromatic heterocycles. The number of carbonyl (C=O) groups is 2. The molecule has 1 N–H and O–H groups in total. The number of rotatable bonds is 9. The molecule has 3 aromatic rings. The van der Waals surface area contributed by atoms with E-state index in [4.69, 9.17) is 4.74 Å². The van der Waals surface area contributed by atoms with E-state index >= 15 is 0 Å². The summed E-state index contributed by atoms with van der Waals surface area (Å²) >= 11 is 0. The molecule has 220 valence electrons. The third-order valence-electron chi connectivity index (χ3n) is 8.74. The van der Waals surface area contributed by atoms with Crippen molar-refractivity contribution in [3.63, 3.8) is 0 Å². The number of nitro groups is 1. The fourth-order valence-electron chi connectivity index (χ4n) is 6.94. The van der Waals surface area contributed by atoms with Gasteiger partial charge in [-0.25, -0.2) is 4.90 Å². The number of benzene rings is 2. The lowest BCUT2D eigenvalue weighted by molar-refractivity contribution is -0.384. The van der Waals surface area contributed by atoms with Gasteiger partial charge in [0.1, 0.15) is 5.75 Å². The van der Waals surface area contributed by atoms with Crippen molar-refractivity contribution < 1.29 is 24.4 Å². The van der Waals surface area contributed by atoms with Crippen molar-refractivity contribution in [1.82, 2.24) is 4.98 Å². The Labute approximate surface area is 249 Å². The van der Waals surface area contributed by atoms with Crippen LogP contribution in [0.15, 0.2) is 84.1 Å². The van der Waals surface area contributed by atoms with E-state index in [0.29, 0.717) is 25.9 Å². The van der Waals surface area contributed by atoms with Crippen LogP contribution >= 0.6 is 0 Å². The maximum atomic E-state index is 13.8. The summed E-state index contributed by atoms with van der Waals surface area (Å²) in [7, 11) is 0. The zero-order valence-electron chi connectivity index (χ0n) is 23.9. The van der Waals surface area contributed by atoms with E-state index in [1.807, 2.05) is 30.3 Å². The summed E-state index contributed by atoms with van der Waals surface area (Å²) < 4.78 is 6.40. The van der Waals surface area contributed by atoms with Crippen molar-refractivity contribution in [1.29, 1.82) is 0 Å². The van der Waals surface area contributed by atoms with Crippen LogP contribution in [0.25, 0.3) is 11.6 Å². The fourth-order valence-corrected chi connectivity index (χ4v) is 6.94. The van der Waals surface area contributed by atoms with Crippen LogP contribution in [0.4, 0.5) is 11.4 Å². The Hall–Kier alpha value is -4.63. The first-order valence-corrected chi connectivity index (χ1v) is 14.7. The van der Waals surface area contributed by atoms with Gasteiger partial charge in [-0.15, -0.1) is 0 Å². The smallest absolute Gasteiger partial charge is 0.271 e. The highest BCUT2D eigenvalue weighted by molar-refractivity contribution is 6.22. The number of carbonyl (C=O) groups excluding carboxylic acids is 2. The Morgan fingerprint density at radius 1 is 1.09 bits per heavy atom. The number of phenolic OH excluding ortho intramolecular Hbond substituents is 1. The molecule has 1 aliphatic carbocycles. The molecule has 0 bridgehead atoms. The van der Waals surface area contributed by atoms with Gasteiger partial charge >= 0.3 is 0 Å². The molecule has 3 aliphatic rings. The molecule has 2 fully saturated rings. The second-order valence-electron chi connectivity index (χ2n) is 11.4. The monoisotopic (exact) mass is 579 g/mol. The largest absolute Gasteiger partial charge is 0.508 e. The molecule has 4 atom stereocenters. The van der Waals surface area contributed by atoms with Crippen molar-refractivity contribution in [3.8, 4) is 5.75 Å². The molecular weight excluding hydrogens is 546 g/mol. The number of phenols is 1. The number of amides is 2. The van der Waals surface area contributed by atoms with E-state index in [9.17, 15) is 24.8 Å². The van der Waals surface area contributed by atoms with Crippen LogP contribution < -0.4 is 4.90 Å². The van der Waals surface area contributed by atoms with Crippen LogP contribution in [-0.2, 0) is 14.3 Å². The van der Waals surface area contributed by atoms with E-state index in [1.165, 1.54) is 23.8 Å². The van der Waals surface area contributed by atoms with Gasteiger partial charge in [-0.3, -0.25) is 24.7 Å². The van der Waals surface area contributed by atoms with E-state index in [1.54, 1.807) is 30.5 Å². The topological polar surface area (TPSA) is 123 Å². The second kappa shape index (κ2) is 11.9. The molecule has 3 heterocycles. The summed E-state index contributed by atoms with van der Waals surface area (Å²) in [5, 5.41) is 21.4. The number of pyridine rings is 1. The number of aromatic nitrogens is 1. The van der Waals surface area contributed by atoms with Crippen molar-refractivity contribution in [2.24, 2.45) is 17.8 Å². The Morgan fingerprint density at radius 3 is 2.67 bits per heavy atom. The molecule has 9 nitrogen and oxygen atoms in total. The Balaban J connectivity index is 1.28. The standard InChI is InChI=1S/C34H33N3O6/c1-2-7-23-18-27-32(34(40)36(33(27)39)24-9-6-10-25(19-24)37(41)42)28-20-43-30(31(23)28)14-13-22(29-12-3-4-15-35-29)16-21-8-5-11-26(38)17-21/h3-6,8-12,15-17,19,27-28,30,32,38H,2,7,13-14,18,20H2,1H3/b22-16-/t27-,28+,30-,32-/m1/s1. The average Bonchev–Trinajstić information content (AvgIpc) is 3.54. The number of nitrogens with zero attached hydrogens (tertiary/aromatic N) is 3. The first kappa shape index (κ1) is 28.5. The summed E-state index contributed by atoms with van der Waals surface area (Å²) in [6.07, 6.45) is 7.14. The zero-order valence-corrected chi connectivity index (χ0v) is 23.9. The fraction of sp³-hybridized carbons (Fsp3) is 0.324. The lowest BCUT2D eigenvalue weighted by Crippen LogP contribution is -2.34. The minimum absolute atomic E-state index is 0.162. The van der Waals surface area contributed by atoms with Crippen molar-refractivity contribution >= 4 is 34.8 Å². The highest BCUT2D eigenvalue weighted by Crippen LogP contribution is 2.51. The molecule has 9 heteroatoms. The Kier molecular flexibility index (Phi) is 7.90. The minimum Gasteiger partial charge on any atom is -0.508 e. The zero-order chi connectivity index (χ0) is 30.1. The molecule has 2 amide bonds.